The molecule has 0 saturated heterocycles. The van der Waals surface area contributed by atoms with Crippen LogP contribution in [0.25, 0.3) is 9.88 Å². The Hall–Kier alpha value is -1.74. The van der Waals surface area contributed by atoms with Crippen LogP contribution in [0.4, 0.5) is 0 Å². The van der Waals surface area contributed by atoms with Crippen molar-refractivity contribution in [1.29, 1.82) is 0 Å². The van der Waals surface area contributed by atoms with Crippen molar-refractivity contribution in [3.8, 4) is 15.6 Å². The minimum absolute atomic E-state index is 0.230. The Morgan fingerprint density at radius 3 is 2.50 bits per heavy atom. The van der Waals surface area contributed by atoms with E-state index >= 15 is 0 Å². The van der Waals surface area contributed by atoms with Gasteiger partial charge in [0.25, 0.3) is 0 Å². The van der Waals surface area contributed by atoms with Crippen LogP contribution in [-0.4, -0.2) is 20.5 Å². The number of nitrogens with zero attached hydrogens (tertiary/aromatic N) is 1. The summed E-state index contributed by atoms with van der Waals surface area (Å²) >= 11 is 2.78. The van der Waals surface area contributed by atoms with Crippen LogP contribution in [0.15, 0.2) is 46.0 Å². The highest BCUT2D eigenvalue weighted by Crippen LogP contribution is 2.34. The van der Waals surface area contributed by atoms with Gasteiger partial charge in [0.15, 0.2) is 0 Å². The number of thiazole rings is 1. The summed E-state index contributed by atoms with van der Waals surface area (Å²) in [5, 5.41) is 2.88. The molecule has 0 spiro atoms. The fraction of sp³-hybridized carbons (Fsp3) is 0.278. The molecule has 2 aromatic heterocycles. The minimum Gasteiger partial charge on any atom is -0.497 e. The van der Waals surface area contributed by atoms with Crippen molar-refractivity contribution in [3.05, 3.63) is 53.0 Å². The van der Waals surface area contributed by atoms with Gasteiger partial charge >= 0.3 is 0 Å². The maximum Gasteiger partial charge on any atom is 0.250 e. The topological polar surface area (TPSA) is 68.3 Å². The molecule has 3 rings (SSSR count). The highest BCUT2D eigenvalue weighted by Gasteiger charge is 2.18. The molecule has 0 unspecified atom stereocenters. The van der Waals surface area contributed by atoms with Crippen molar-refractivity contribution in [2.75, 3.05) is 7.11 Å². The van der Waals surface area contributed by atoms with Gasteiger partial charge in [-0.15, -0.1) is 22.7 Å². The standard InChI is InChI=1S/C18H20N2O3S3/c1-12(2)15-11-24-18(20-15)16-8-9-17(25-16)26(21,22)19-10-13-4-6-14(23-3)7-5-13/h4-9,11-12,19H,10H2,1-3H3. The maximum absolute atomic E-state index is 12.5. The second-order valence-electron chi connectivity index (χ2n) is 6.02. The molecule has 5 nitrogen and oxygen atoms in total. The van der Waals surface area contributed by atoms with Crippen LogP contribution in [0.1, 0.15) is 31.0 Å². The molecular weight excluding hydrogens is 388 g/mol. The van der Waals surface area contributed by atoms with Crippen LogP contribution in [0.5, 0.6) is 5.75 Å². The molecular formula is C18H20N2O3S3. The number of hydrogen-bond acceptors (Lipinski definition) is 6. The molecule has 26 heavy (non-hydrogen) atoms. The molecule has 0 aliphatic carbocycles. The van der Waals surface area contributed by atoms with Gasteiger partial charge in [-0.1, -0.05) is 26.0 Å². The van der Waals surface area contributed by atoms with Gasteiger partial charge in [-0.3, -0.25) is 0 Å². The number of aromatic nitrogens is 1. The Labute approximate surface area is 161 Å². The van der Waals surface area contributed by atoms with Gasteiger partial charge in [0.05, 0.1) is 17.7 Å². The number of nitrogens with one attached hydrogen (secondary N) is 1. The van der Waals surface area contributed by atoms with Crippen LogP contribution in [0.2, 0.25) is 0 Å². The smallest absolute Gasteiger partial charge is 0.250 e. The first-order valence-electron chi connectivity index (χ1n) is 8.07. The molecule has 0 radical (unpaired) electrons. The lowest BCUT2D eigenvalue weighted by molar-refractivity contribution is 0.414. The lowest BCUT2D eigenvalue weighted by atomic mass is 10.2. The first kappa shape index (κ1) is 19.0. The monoisotopic (exact) mass is 408 g/mol. The third-order valence-corrected chi connectivity index (χ3v) is 7.80. The summed E-state index contributed by atoms with van der Waals surface area (Å²) in [5.41, 5.74) is 1.90. The maximum atomic E-state index is 12.5. The highest BCUT2D eigenvalue weighted by atomic mass is 32.2. The molecule has 0 aliphatic rings. The van der Waals surface area contributed by atoms with E-state index in [0.717, 1.165) is 26.9 Å². The average Bonchev–Trinajstić information content (AvgIpc) is 3.29. The fourth-order valence-corrected chi connectivity index (χ4v) is 5.66. The molecule has 0 amide bonds. The van der Waals surface area contributed by atoms with Gasteiger partial charge in [0.1, 0.15) is 15.0 Å². The van der Waals surface area contributed by atoms with E-state index in [0.29, 0.717) is 10.1 Å². The van der Waals surface area contributed by atoms with Crippen LogP contribution in [0.3, 0.4) is 0 Å². The molecule has 0 bridgehead atoms. The van der Waals surface area contributed by atoms with E-state index < -0.39 is 10.0 Å². The number of sulfonamides is 1. The number of hydrogen-bond donors (Lipinski definition) is 1. The van der Waals surface area contributed by atoms with Crippen LogP contribution >= 0.6 is 22.7 Å². The summed E-state index contributed by atoms with van der Waals surface area (Å²) in [5.74, 6) is 1.10. The molecule has 1 aromatic carbocycles. The minimum atomic E-state index is -3.56. The number of benzene rings is 1. The average molecular weight is 409 g/mol. The van der Waals surface area contributed by atoms with Crippen molar-refractivity contribution in [2.45, 2.75) is 30.5 Å². The fourth-order valence-electron chi connectivity index (χ4n) is 2.24. The Balaban J connectivity index is 1.71. The number of ether oxygens (including phenoxy) is 1. The zero-order valence-electron chi connectivity index (χ0n) is 14.7. The van der Waals surface area contributed by atoms with E-state index in [1.807, 2.05) is 35.7 Å². The molecule has 2 heterocycles. The van der Waals surface area contributed by atoms with Crippen molar-refractivity contribution < 1.29 is 13.2 Å². The lowest BCUT2D eigenvalue weighted by Gasteiger charge is -2.06. The van der Waals surface area contributed by atoms with Gasteiger partial charge in [0.2, 0.25) is 10.0 Å². The summed E-state index contributed by atoms with van der Waals surface area (Å²) in [6.07, 6.45) is 0. The quantitative estimate of drug-likeness (QED) is 0.626. The Kier molecular flexibility index (Phi) is 5.76. The van der Waals surface area contributed by atoms with Crippen molar-refractivity contribution in [1.82, 2.24) is 9.71 Å². The van der Waals surface area contributed by atoms with E-state index in [9.17, 15) is 8.42 Å². The van der Waals surface area contributed by atoms with Crippen LogP contribution in [0, 0.1) is 0 Å². The third kappa shape index (κ3) is 4.32. The van der Waals surface area contributed by atoms with E-state index in [1.54, 1.807) is 24.5 Å². The number of methoxy groups -OCH3 is 1. The van der Waals surface area contributed by atoms with E-state index in [1.165, 1.54) is 11.3 Å². The Morgan fingerprint density at radius 2 is 1.88 bits per heavy atom. The zero-order chi connectivity index (χ0) is 18.7. The third-order valence-electron chi connectivity index (χ3n) is 3.80. The number of rotatable bonds is 7. The normalized spacial score (nSPS) is 11.8. The van der Waals surface area contributed by atoms with E-state index in [-0.39, 0.29) is 6.54 Å². The zero-order valence-corrected chi connectivity index (χ0v) is 17.2. The van der Waals surface area contributed by atoms with Gasteiger partial charge in [-0.25, -0.2) is 18.1 Å². The second-order valence-corrected chi connectivity index (χ2v) is 9.96. The first-order chi connectivity index (χ1) is 12.4. The summed E-state index contributed by atoms with van der Waals surface area (Å²) in [7, 11) is -1.96. The Bertz CT molecular complexity index is 973. The van der Waals surface area contributed by atoms with Gasteiger partial charge < -0.3 is 4.74 Å². The molecule has 0 atom stereocenters. The molecule has 1 N–H and O–H groups in total. The Morgan fingerprint density at radius 1 is 1.15 bits per heavy atom. The lowest BCUT2D eigenvalue weighted by Crippen LogP contribution is -2.22. The predicted molar refractivity (Wildman–Crippen MR) is 107 cm³/mol. The summed E-state index contributed by atoms with van der Waals surface area (Å²) in [4.78, 5) is 5.45. The van der Waals surface area contributed by atoms with Gasteiger partial charge in [0, 0.05) is 11.9 Å². The summed E-state index contributed by atoms with van der Waals surface area (Å²) in [6, 6.07) is 10.7. The van der Waals surface area contributed by atoms with Crippen LogP contribution < -0.4 is 9.46 Å². The molecule has 138 valence electrons. The molecule has 0 saturated carbocycles. The van der Waals surface area contributed by atoms with Crippen LogP contribution in [-0.2, 0) is 16.6 Å². The molecule has 0 fully saturated rings. The highest BCUT2D eigenvalue weighted by molar-refractivity contribution is 7.91. The summed E-state index contributed by atoms with van der Waals surface area (Å²) in [6.45, 7) is 4.41. The van der Waals surface area contributed by atoms with Crippen molar-refractivity contribution in [2.24, 2.45) is 0 Å². The molecule has 8 heteroatoms. The van der Waals surface area contributed by atoms with Crippen molar-refractivity contribution >= 4 is 32.7 Å². The van der Waals surface area contributed by atoms with Gasteiger partial charge in [-0.05, 0) is 35.7 Å². The largest absolute Gasteiger partial charge is 0.497 e. The number of thiophene rings is 1. The predicted octanol–water partition coefficient (Wildman–Crippen LogP) is 4.48. The van der Waals surface area contributed by atoms with E-state index in [2.05, 4.69) is 23.6 Å². The molecule has 0 aliphatic heterocycles. The van der Waals surface area contributed by atoms with Crippen molar-refractivity contribution in [3.63, 3.8) is 0 Å². The van der Waals surface area contributed by atoms with Gasteiger partial charge in [-0.2, -0.15) is 0 Å². The first-order valence-corrected chi connectivity index (χ1v) is 11.2. The molecule has 3 aromatic rings. The van der Waals surface area contributed by atoms with E-state index in [4.69, 9.17) is 4.74 Å². The summed E-state index contributed by atoms with van der Waals surface area (Å²) < 4.78 is 33.1. The second kappa shape index (κ2) is 7.87. The SMILES string of the molecule is COc1ccc(CNS(=O)(=O)c2ccc(-c3nc(C(C)C)cs3)s2)cc1.